The molecule has 0 bridgehead atoms. The molecule has 2 rings (SSSR count). The maximum absolute atomic E-state index is 10.6. The van der Waals surface area contributed by atoms with Crippen molar-refractivity contribution in [3.05, 3.63) is 42.2 Å². The summed E-state index contributed by atoms with van der Waals surface area (Å²) in [5, 5.41) is 17.4. The van der Waals surface area contributed by atoms with E-state index in [1.54, 1.807) is 11.0 Å². The zero-order valence-electron chi connectivity index (χ0n) is 11.4. The molecule has 0 saturated carbocycles. The maximum atomic E-state index is 10.6. The molecular weight excluding hydrogens is 256 g/mol. The molecule has 0 spiro atoms. The predicted octanol–water partition coefficient (Wildman–Crippen LogP) is 1.56. The van der Waals surface area contributed by atoms with Gasteiger partial charge in [0.1, 0.15) is 0 Å². The summed E-state index contributed by atoms with van der Waals surface area (Å²) in [5.41, 5.74) is 1.74. The lowest BCUT2D eigenvalue weighted by molar-refractivity contribution is -0.137. The number of carboxylic acids is 1. The molecule has 0 aliphatic carbocycles. The second kappa shape index (κ2) is 6.81. The van der Waals surface area contributed by atoms with E-state index in [0.29, 0.717) is 13.1 Å². The van der Waals surface area contributed by atoms with Crippen molar-refractivity contribution in [1.29, 1.82) is 0 Å². The predicted molar refractivity (Wildman–Crippen MR) is 74.6 cm³/mol. The number of aromatic nitrogens is 3. The van der Waals surface area contributed by atoms with E-state index < -0.39 is 5.97 Å². The summed E-state index contributed by atoms with van der Waals surface area (Å²) in [6.07, 6.45) is 1.86. The molecule has 2 aromatic rings. The van der Waals surface area contributed by atoms with Gasteiger partial charge in [0, 0.05) is 13.1 Å². The smallest absolute Gasteiger partial charge is 0.304 e. The standard InChI is InChI=1S/C14H18N4O2/c1-2-17(9-8-14(19)20)11-12-10-15-18(16-12)13-6-4-3-5-7-13/h3-7,10H,2,8-9,11H2,1H3,(H,19,20). The lowest BCUT2D eigenvalue weighted by atomic mass is 10.3. The van der Waals surface area contributed by atoms with Gasteiger partial charge in [0.2, 0.25) is 0 Å². The minimum absolute atomic E-state index is 0.140. The molecule has 106 valence electrons. The number of hydrogen-bond acceptors (Lipinski definition) is 4. The first-order chi connectivity index (χ1) is 9.69. The first-order valence-electron chi connectivity index (χ1n) is 6.60. The van der Waals surface area contributed by atoms with Crippen molar-refractivity contribution < 1.29 is 9.90 Å². The van der Waals surface area contributed by atoms with Crippen LogP contribution in [0.1, 0.15) is 19.0 Å². The fraction of sp³-hybridized carbons (Fsp3) is 0.357. The van der Waals surface area contributed by atoms with E-state index in [2.05, 4.69) is 10.2 Å². The van der Waals surface area contributed by atoms with Gasteiger partial charge in [-0.1, -0.05) is 25.1 Å². The quantitative estimate of drug-likeness (QED) is 0.829. The average molecular weight is 274 g/mol. The highest BCUT2D eigenvalue weighted by Gasteiger charge is 2.09. The van der Waals surface area contributed by atoms with E-state index in [9.17, 15) is 4.79 Å². The third-order valence-corrected chi connectivity index (χ3v) is 3.00. The second-order valence-corrected chi connectivity index (χ2v) is 4.47. The highest BCUT2D eigenvalue weighted by Crippen LogP contribution is 2.06. The molecule has 0 aliphatic rings. The maximum Gasteiger partial charge on any atom is 0.304 e. The van der Waals surface area contributed by atoms with Crippen LogP contribution in [0.4, 0.5) is 0 Å². The van der Waals surface area contributed by atoms with Gasteiger partial charge in [-0.05, 0) is 18.7 Å². The summed E-state index contributed by atoms with van der Waals surface area (Å²) < 4.78 is 0. The van der Waals surface area contributed by atoms with Crippen molar-refractivity contribution in [2.24, 2.45) is 0 Å². The van der Waals surface area contributed by atoms with E-state index in [1.807, 2.05) is 42.2 Å². The Morgan fingerprint density at radius 2 is 2.10 bits per heavy atom. The van der Waals surface area contributed by atoms with Crippen LogP contribution < -0.4 is 0 Å². The van der Waals surface area contributed by atoms with Gasteiger partial charge < -0.3 is 5.11 Å². The van der Waals surface area contributed by atoms with Crippen molar-refractivity contribution in [1.82, 2.24) is 19.9 Å². The monoisotopic (exact) mass is 274 g/mol. The van der Waals surface area contributed by atoms with Gasteiger partial charge in [-0.15, -0.1) is 0 Å². The number of aliphatic carboxylic acids is 1. The number of para-hydroxylation sites is 1. The molecule has 1 aromatic heterocycles. The summed E-state index contributed by atoms with van der Waals surface area (Å²) in [7, 11) is 0. The Balaban J connectivity index is 2.00. The van der Waals surface area contributed by atoms with Gasteiger partial charge >= 0.3 is 5.97 Å². The second-order valence-electron chi connectivity index (χ2n) is 4.47. The van der Waals surface area contributed by atoms with Crippen molar-refractivity contribution in [3.63, 3.8) is 0 Å². The molecule has 0 radical (unpaired) electrons. The molecule has 6 heteroatoms. The topological polar surface area (TPSA) is 71.2 Å². The number of benzene rings is 1. The number of nitrogens with zero attached hydrogens (tertiary/aromatic N) is 4. The van der Waals surface area contributed by atoms with Crippen molar-refractivity contribution in [2.45, 2.75) is 19.9 Å². The average Bonchev–Trinajstić information content (AvgIpc) is 2.92. The normalized spacial score (nSPS) is 10.9. The Hall–Kier alpha value is -2.21. The van der Waals surface area contributed by atoms with Crippen LogP contribution in [0.2, 0.25) is 0 Å². The Morgan fingerprint density at radius 3 is 2.75 bits per heavy atom. The van der Waals surface area contributed by atoms with Crippen molar-refractivity contribution in [2.75, 3.05) is 13.1 Å². The highest BCUT2D eigenvalue weighted by molar-refractivity contribution is 5.66. The van der Waals surface area contributed by atoms with Gasteiger partial charge in [0.05, 0.1) is 24.0 Å². The van der Waals surface area contributed by atoms with Crippen LogP contribution in [0.3, 0.4) is 0 Å². The molecule has 0 amide bonds. The number of carbonyl (C=O) groups is 1. The van der Waals surface area contributed by atoms with Gasteiger partial charge in [0.15, 0.2) is 0 Å². The van der Waals surface area contributed by atoms with E-state index in [1.165, 1.54) is 0 Å². The van der Waals surface area contributed by atoms with E-state index >= 15 is 0 Å². The Kier molecular flexibility index (Phi) is 4.84. The summed E-state index contributed by atoms with van der Waals surface area (Å²) in [6, 6.07) is 9.68. The molecule has 1 heterocycles. The van der Waals surface area contributed by atoms with Crippen LogP contribution in [-0.2, 0) is 11.3 Å². The third-order valence-electron chi connectivity index (χ3n) is 3.00. The molecule has 0 aliphatic heterocycles. The summed E-state index contributed by atoms with van der Waals surface area (Å²) in [5.74, 6) is -0.781. The lowest BCUT2D eigenvalue weighted by Gasteiger charge is -2.17. The van der Waals surface area contributed by atoms with Crippen LogP contribution in [0.15, 0.2) is 36.5 Å². The lowest BCUT2D eigenvalue weighted by Crippen LogP contribution is -2.26. The van der Waals surface area contributed by atoms with E-state index in [-0.39, 0.29) is 6.42 Å². The Bertz CT molecular complexity index is 553. The fourth-order valence-electron chi connectivity index (χ4n) is 1.88. The van der Waals surface area contributed by atoms with Crippen molar-refractivity contribution >= 4 is 5.97 Å². The number of carboxylic acid groups (broad SMARTS) is 1. The Morgan fingerprint density at radius 1 is 1.35 bits per heavy atom. The summed E-state index contributed by atoms with van der Waals surface area (Å²) in [6.45, 7) is 3.91. The highest BCUT2D eigenvalue weighted by atomic mass is 16.4. The summed E-state index contributed by atoms with van der Waals surface area (Å²) in [4.78, 5) is 14.2. The van der Waals surface area contributed by atoms with Gasteiger partial charge in [-0.3, -0.25) is 9.69 Å². The minimum atomic E-state index is -0.781. The van der Waals surface area contributed by atoms with Crippen molar-refractivity contribution in [3.8, 4) is 5.69 Å². The van der Waals surface area contributed by atoms with E-state index in [4.69, 9.17) is 5.11 Å². The zero-order valence-corrected chi connectivity index (χ0v) is 11.4. The van der Waals surface area contributed by atoms with Crippen LogP contribution in [-0.4, -0.2) is 44.1 Å². The number of hydrogen-bond donors (Lipinski definition) is 1. The molecule has 1 N–H and O–H groups in total. The van der Waals surface area contributed by atoms with Crippen LogP contribution in [0, 0.1) is 0 Å². The largest absolute Gasteiger partial charge is 0.481 e. The number of rotatable bonds is 7. The first-order valence-corrected chi connectivity index (χ1v) is 6.60. The molecule has 6 nitrogen and oxygen atoms in total. The van der Waals surface area contributed by atoms with Gasteiger partial charge in [0.25, 0.3) is 0 Å². The molecule has 0 fully saturated rings. The first kappa shape index (κ1) is 14.2. The summed E-state index contributed by atoms with van der Waals surface area (Å²) >= 11 is 0. The molecule has 0 saturated heterocycles. The molecule has 1 aromatic carbocycles. The molecule has 20 heavy (non-hydrogen) atoms. The van der Waals surface area contributed by atoms with Crippen LogP contribution >= 0.6 is 0 Å². The van der Waals surface area contributed by atoms with Gasteiger partial charge in [-0.2, -0.15) is 15.0 Å². The van der Waals surface area contributed by atoms with E-state index in [0.717, 1.165) is 17.9 Å². The fourth-order valence-corrected chi connectivity index (χ4v) is 1.88. The Labute approximate surface area is 117 Å². The van der Waals surface area contributed by atoms with Crippen LogP contribution in [0.5, 0.6) is 0 Å². The van der Waals surface area contributed by atoms with Crippen LogP contribution in [0.25, 0.3) is 5.69 Å². The minimum Gasteiger partial charge on any atom is -0.481 e. The third kappa shape index (κ3) is 3.89. The zero-order chi connectivity index (χ0) is 14.4. The molecule has 0 unspecified atom stereocenters. The molecule has 0 atom stereocenters. The van der Waals surface area contributed by atoms with Gasteiger partial charge in [-0.25, -0.2) is 0 Å². The molecular formula is C14H18N4O2. The SMILES string of the molecule is CCN(CCC(=O)O)Cc1cnn(-c2ccccc2)n1.